The fraction of sp³-hybridized carbons (Fsp3) is 0.167. The third kappa shape index (κ3) is 3.04. The highest BCUT2D eigenvalue weighted by molar-refractivity contribution is 5.95. The Morgan fingerprint density at radius 1 is 1.17 bits per heavy atom. The summed E-state index contributed by atoms with van der Waals surface area (Å²) < 4.78 is 1.50. The molecule has 24 heavy (non-hydrogen) atoms. The Hall–Kier alpha value is -2.99. The average molecular weight is 323 g/mol. The molecule has 1 heterocycles. The number of aliphatic hydroxyl groups excluding tert-OH is 1. The van der Waals surface area contributed by atoms with Crippen molar-refractivity contribution in [2.75, 3.05) is 6.54 Å². The molecule has 122 valence electrons. The maximum absolute atomic E-state index is 12.4. The van der Waals surface area contributed by atoms with Gasteiger partial charge < -0.3 is 10.4 Å². The Bertz CT molecular complexity index is 935. The van der Waals surface area contributed by atoms with Crippen LogP contribution >= 0.6 is 0 Å². The number of nitrogens with zero attached hydrogens (tertiary/aromatic N) is 2. The molecule has 3 aromatic rings. The molecule has 6 nitrogen and oxygen atoms in total. The minimum Gasteiger partial charge on any atom is -0.387 e. The van der Waals surface area contributed by atoms with Gasteiger partial charge in [0.2, 0.25) is 5.43 Å². The maximum atomic E-state index is 12.4. The van der Waals surface area contributed by atoms with E-state index in [2.05, 4.69) is 10.4 Å². The molecule has 1 unspecified atom stereocenters. The van der Waals surface area contributed by atoms with Crippen molar-refractivity contribution in [1.29, 1.82) is 0 Å². The van der Waals surface area contributed by atoms with Crippen molar-refractivity contribution in [3.8, 4) is 0 Å². The summed E-state index contributed by atoms with van der Waals surface area (Å²) in [5, 5.41) is 17.2. The van der Waals surface area contributed by atoms with E-state index < -0.39 is 17.4 Å². The van der Waals surface area contributed by atoms with Crippen LogP contribution in [0.2, 0.25) is 0 Å². The first kappa shape index (κ1) is 15.9. The molecule has 1 atom stereocenters. The second-order valence-electron chi connectivity index (χ2n) is 5.45. The van der Waals surface area contributed by atoms with Crippen LogP contribution in [0.4, 0.5) is 0 Å². The molecule has 0 aliphatic carbocycles. The van der Waals surface area contributed by atoms with E-state index in [4.69, 9.17) is 0 Å². The number of aliphatic hydroxyl groups is 1. The zero-order valence-electron chi connectivity index (χ0n) is 13.1. The number of hydrogen-bond acceptors (Lipinski definition) is 4. The highest BCUT2D eigenvalue weighted by atomic mass is 16.3. The number of rotatable bonds is 4. The van der Waals surface area contributed by atoms with E-state index in [-0.39, 0.29) is 12.2 Å². The van der Waals surface area contributed by atoms with E-state index >= 15 is 0 Å². The summed E-state index contributed by atoms with van der Waals surface area (Å²) in [6.45, 7) is 0.000504. The van der Waals surface area contributed by atoms with E-state index in [0.717, 1.165) is 0 Å². The number of carbonyl (C=O) groups is 1. The van der Waals surface area contributed by atoms with Crippen LogP contribution in [0.25, 0.3) is 10.9 Å². The van der Waals surface area contributed by atoms with Gasteiger partial charge in [0.25, 0.3) is 5.91 Å². The van der Waals surface area contributed by atoms with E-state index in [0.29, 0.717) is 16.5 Å². The second kappa shape index (κ2) is 6.64. The van der Waals surface area contributed by atoms with Crippen LogP contribution in [0.15, 0.2) is 59.4 Å². The number of carbonyl (C=O) groups excluding carboxylic acids is 1. The zero-order valence-corrected chi connectivity index (χ0v) is 13.1. The lowest BCUT2D eigenvalue weighted by Gasteiger charge is -2.12. The summed E-state index contributed by atoms with van der Waals surface area (Å²) in [6.07, 6.45) is -0.848. The van der Waals surface area contributed by atoms with Gasteiger partial charge in [-0.25, -0.2) is 0 Å². The number of benzene rings is 2. The molecule has 0 saturated heterocycles. The number of aryl methyl sites for hydroxylation is 1. The fourth-order valence-corrected chi connectivity index (χ4v) is 2.54. The summed E-state index contributed by atoms with van der Waals surface area (Å²) in [5.41, 5.74) is 0.743. The van der Waals surface area contributed by atoms with Crippen molar-refractivity contribution >= 4 is 16.8 Å². The topological polar surface area (TPSA) is 84.2 Å². The van der Waals surface area contributed by atoms with E-state index in [9.17, 15) is 14.7 Å². The van der Waals surface area contributed by atoms with Gasteiger partial charge >= 0.3 is 0 Å². The molecule has 1 aromatic heterocycles. The van der Waals surface area contributed by atoms with E-state index in [1.54, 1.807) is 55.6 Å². The predicted octanol–water partition coefficient (Wildman–Crippen LogP) is 1.40. The van der Waals surface area contributed by atoms with Crippen molar-refractivity contribution in [2.24, 2.45) is 7.05 Å². The van der Waals surface area contributed by atoms with Gasteiger partial charge in [-0.05, 0) is 17.7 Å². The maximum Gasteiger partial charge on any atom is 0.275 e. The SMILES string of the molecule is Cn1nc(C(=O)NCC(O)c2ccccc2)c(=O)c2ccccc21. The van der Waals surface area contributed by atoms with Crippen molar-refractivity contribution in [3.63, 3.8) is 0 Å². The number of amides is 1. The first-order chi connectivity index (χ1) is 11.6. The number of aromatic nitrogens is 2. The zero-order chi connectivity index (χ0) is 17.1. The molecule has 2 aromatic carbocycles. The van der Waals surface area contributed by atoms with Crippen LogP contribution in [-0.4, -0.2) is 27.3 Å². The standard InChI is InChI=1S/C18H17N3O3/c1-21-14-10-6-5-9-13(14)17(23)16(20-21)18(24)19-11-15(22)12-7-3-2-4-8-12/h2-10,15,22H,11H2,1H3,(H,19,24). The van der Waals surface area contributed by atoms with Crippen LogP contribution in [0.5, 0.6) is 0 Å². The fourth-order valence-electron chi connectivity index (χ4n) is 2.54. The molecule has 0 spiro atoms. The molecule has 0 aliphatic heterocycles. The molecule has 0 fully saturated rings. The van der Waals surface area contributed by atoms with Gasteiger partial charge in [-0.3, -0.25) is 14.3 Å². The van der Waals surface area contributed by atoms with Gasteiger partial charge in [0.15, 0.2) is 5.69 Å². The van der Waals surface area contributed by atoms with Crippen molar-refractivity contribution in [1.82, 2.24) is 15.1 Å². The van der Waals surface area contributed by atoms with Crippen LogP contribution in [-0.2, 0) is 7.05 Å². The van der Waals surface area contributed by atoms with Crippen molar-refractivity contribution in [3.05, 3.63) is 76.1 Å². The lowest BCUT2D eigenvalue weighted by Crippen LogP contribution is -2.34. The molecule has 3 rings (SSSR count). The third-order valence-electron chi connectivity index (χ3n) is 3.82. The third-order valence-corrected chi connectivity index (χ3v) is 3.82. The predicted molar refractivity (Wildman–Crippen MR) is 90.7 cm³/mol. The summed E-state index contributed by atoms with van der Waals surface area (Å²) in [7, 11) is 1.68. The Morgan fingerprint density at radius 2 is 1.83 bits per heavy atom. The van der Waals surface area contributed by atoms with Gasteiger partial charge in [-0.1, -0.05) is 42.5 Å². The van der Waals surface area contributed by atoms with E-state index in [1.807, 2.05) is 6.07 Å². The van der Waals surface area contributed by atoms with Crippen molar-refractivity contribution in [2.45, 2.75) is 6.10 Å². The summed E-state index contributed by atoms with van der Waals surface area (Å²) in [6, 6.07) is 16.0. The number of fused-ring (bicyclic) bond motifs is 1. The Kier molecular flexibility index (Phi) is 4.39. The second-order valence-corrected chi connectivity index (χ2v) is 5.45. The Labute approximate surface area is 138 Å². The molecule has 0 aliphatic rings. The van der Waals surface area contributed by atoms with Crippen LogP contribution in [0, 0.1) is 0 Å². The van der Waals surface area contributed by atoms with Crippen molar-refractivity contribution < 1.29 is 9.90 Å². The molecular weight excluding hydrogens is 306 g/mol. The summed E-state index contributed by atoms with van der Waals surface area (Å²) >= 11 is 0. The first-order valence-corrected chi connectivity index (χ1v) is 7.55. The minimum atomic E-state index is -0.848. The number of para-hydroxylation sites is 1. The summed E-state index contributed by atoms with van der Waals surface area (Å²) in [4.78, 5) is 24.7. The first-order valence-electron chi connectivity index (χ1n) is 7.55. The lowest BCUT2D eigenvalue weighted by molar-refractivity contribution is 0.0908. The van der Waals surface area contributed by atoms with Gasteiger partial charge in [-0.2, -0.15) is 5.10 Å². The van der Waals surface area contributed by atoms with Crippen LogP contribution in [0.1, 0.15) is 22.2 Å². The smallest absolute Gasteiger partial charge is 0.275 e. The highest BCUT2D eigenvalue weighted by Gasteiger charge is 2.17. The Morgan fingerprint density at radius 3 is 2.58 bits per heavy atom. The van der Waals surface area contributed by atoms with Gasteiger partial charge in [0.1, 0.15) is 0 Å². The monoisotopic (exact) mass is 323 g/mol. The van der Waals surface area contributed by atoms with E-state index in [1.165, 1.54) is 4.68 Å². The van der Waals surface area contributed by atoms with Gasteiger partial charge in [0, 0.05) is 19.0 Å². The number of nitrogens with one attached hydrogen (secondary N) is 1. The molecule has 2 N–H and O–H groups in total. The average Bonchev–Trinajstić information content (AvgIpc) is 2.63. The van der Waals surface area contributed by atoms with Gasteiger partial charge in [0.05, 0.1) is 11.6 Å². The minimum absolute atomic E-state index is 0.000504. The largest absolute Gasteiger partial charge is 0.387 e. The Balaban J connectivity index is 1.82. The molecule has 6 heteroatoms. The van der Waals surface area contributed by atoms with Crippen LogP contribution in [0.3, 0.4) is 0 Å². The molecular formula is C18H17N3O3. The summed E-state index contributed by atoms with van der Waals surface area (Å²) in [5.74, 6) is -0.601. The normalized spacial score (nSPS) is 12.1. The quantitative estimate of drug-likeness (QED) is 0.760. The number of hydrogen-bond donors (Lipinski definition) is 2. The molecule has 0 bridgehead atoms. The molecule has 1 amide bonds. The van der Waals surface area contributed by atoms with Gasteiger partial charge in [-0.15, -0.1) is 0 Å². The molecule has 0 saturated carbocycles. The lowest BCUT2D eigenvalue weighted by atomic mass is 10.1. The van der Waals surface area contributed by atoms with Crippen LogP contribution < -0.4 is 10.7 Å². The highest BCUT2D eigenvalue weighted by Crippen LogP contribution is 2.11. The molecule has 0 radical (unpaired) electrons.